The predicted molar refractivity (Wildman–Crippen MR) is 69.0 cm³/mol. The molecule has 0 bridgehead atoms. The lowest BCUT2D eigenvalue weighted by molar-refractivity contribution is 0.177. The molecule has 2 unspecified atom stereocenters. The van der Waals surface area contributed by atoms with Gasteiger partial charge in [0.2, 0.25) is 0 Å². The molecule has 17 heavy (non-hydrogen) atoms. The van der Waals surface area contributed by atoms with E-state index in [4.69, 9.17) is 4.74 Å². The average Bonchev–Trinajstić information content (AvgIpc) is 2.89. The molecule has 1 N–H and O–H groups in total. The van der Waals surface area contributed by atoms with Gasteiger partial charge in [0.25, 0.3) is 0 Å². The first-order chi connectivity index (χ1) is 8.36. The lowest BCUT2D eigenvalue weighted by Gasteiger charge is -2.25. The van der Waals surface area contributed by atoms with E-state index in [0.29, 0.717) is 12.0 Å². The lowest BCUT2D eigenvalue weighted by atomic mass is 9.89. The smallest absolute Gasteiger partial charge is 0.0513 e. The van der Waals surface area contributed by atoms with E-state index < -0.39 is 0 Å². The maximum atomic E-state index is 5.52. The molecule has 1 fully saturated rings. The normalized spacial score (nSPS) is 21.6. The first-order valence-electron chi connectivity index (χ1n) is 6.60. The molecule has 0 amide bonds. The van der Waals surface area contributed by atoms with E-state index in [2.05, 4.69) is 30.2 Å². The first-order valence-corrected chi connectivity index (χ1v) is 6.60. The minimum atomic E-state index is 0.417. The molecule has 1 saturated heterocycles. The molecule has 1 aromatic rings. The molecule has 3 heteroatoms. The maximum absolute atomic E-state index is 5.52. The Morgan fingerprint density at radius 3 is 3.06 bits per heavy atom. The number of nitrogens with one attached hydrogen (secondary N) is 1. The van der Waals surface area contributed by atoms with Crippen LogP contribution in [-0.2, 0) is 11.2 Å². The van der Waals surface area contributed by atoms with E-state index in [1.807, 2.05) is 12.4 Å². The summed E-state index contributed by atoms with van der Waals surface area (Å²) in [6, 6.07) is 2.57. The van der Waals surface area contributed by atoms with Gasteiger partial charge in [-0.3, -0.25) is 4.98 Å². The molecular weight excluding hydrogens is 212 g/mol. The molecule has 0 radical (unpaired) electrons. The number of ether oxygens (including phenoxy) is 1. The standard InChI is InChI=1S/C14H22N2O/c1-3-11-9-15-7-5-13(11)14(16-4-2)12-6-8-17-10-12/h5,7,9,12,14,16H,3-4,6,8,10H2,1-2H3. The minimum Gasteiger partial charge on any atom is -0.381 e. The van der Waals surface area contributed by atoms with Crippen LogP contribution in [0.2, 0.25) is 0 Å². The van der Waals surface area contributed by atoms with Gasteiger partial charge in [-0.05, 0) is 36.6 Å². The number of aryl methyl sites for hydroxylation is 1. The third kappa shape index (κ3) is 2.85. The zero-order valence-corrected chi connectivity index (χ0v) is 10.8. The Kier molecular flexibility index (Phi) is 4.51. The Labute approximate surface area is 104 Å². The first kappa shape index (κ1) is 12.5. The zero-order chi connectivity index (χ0) is 12.1. The van der Waals surface area contributed by atoms with E-state index >= 15 is 0 Å². The van der Waals surface area contributed by atoms with Crippen LogP contribution >= 0.6 is 0 Å². The summed E-state index contributed by atoms with van der Waals surface area (Å²) in [5, 5.41) is 3.61. The van der Waals surface area contributed by atoms with Gasteiger partial charge < -0.3 is 10.1 Å². The fraction of sp³-hybridized carbons (Fsp3) is 0.643. The van der Waals surface area contributed by atoms with Crippen molar-refractivity contribution in [1.82, 2.24) is 10.3 Å². The van der Waals surface area contributed by atoms with Gasteiger partial charge in [-0.1, -0.05) is 13.8 Å². The summed E-state index contributed by atoms with van der Waals surface area (Å²) >= 11 is 0. The van der Waals surface area contributed by atoms with Crippen molar-refractivity contribution in [2.75, 3.05) is 19.8 Å². The van der Waals surface area contributed by atoms with Gasteiger partial charge in [0.05, 0.1) is 6.61 Å². The predicted octanol–water partition coefficient (Wildman–Crippen LogP) is 2.33. The lowest BCUT2D eigenvalue weighted by Crippen LogP contribution is -2.29. The van der Waals surface area contributed by atoms with Crippen LogP contribution in [0.25, 0.3) is 0 Å². The quantitative estimate of drug-likeness (QED) is 0.849. The summed E-state index contributed by atoms with van der Waals surface area (Å²) in [6.45, 7) is 7.12. The van der Waals surface area contributed by atoms with Crippen molar-refractivity contribution >= 4 is 0 Å². The van der Waals surface area contributed by atoms with Crippen molar-refractivity contribution in [2.24, 2.45) is 5.92 Å². The highest BCUT2D eigenvalue weighted by Crippen LogP contribution is 2.30. The highest BCUT2D eigenvalue weighted by Gasteiger charge is 2.27. The van der Waals surface area contributed by atoms with Crippen molar-refractivity contribution in [1.29, 1.82) is 0 Å². The zero-order valence-electron chi connectivity index (χ0n) is 10.8. The van der Waals surface area contributed by atoms with Crippen LogP contribution in [0.15, 0.2) is 18.5 Å². The van der Waals surface area contributed by atoms with Gasteiger partial charge in [0.1, 0.15) is 0 Å². The highest BCUT2D eigenvalue weighted by molar-refractivity contribution is 5.27. The molecule has 2 rings (SSSR count). The molecule has 2 atom stereocenters. The van der Waals surface area contributed by atoms with Gasteiger partial charge in [-0.25, -0.2) is 0 Å². The van der Waals surface area contributed by atoms with Gasteiger partial charge >= 0.3 is 0 Å². The number of aromatic nitrogens is 1. The molecule has 1 aliphatic rings. The molecule has 0 aliphatic carbocycles. The average molecular weight is 234 g/mol. The van der Waals surface area contributed by atoms with Crippen LogP contribution in [-0.4, -0.2) is 24.7 Å². The van der Waals surface area contributed by atoms with Crippen LogP contribution in [0.5, 0.6) is 0 Å². The Bertz CT molecular complexity index is 348. The van der Waals surface area contributed by atoms with Crippen LogP contribution in [0.1, 0.15) is 37.4 Å². The molecule has 94 valence electrons. The second kappa shape index (κ2) is 6.12. The summed E-state index contributed by atoms with van der Waals surface area (Å²) in [5.74, 6) is 0.600. The fourth-order valence-corrected chi connectivity index (χ4v) is 2.60. The van der Waals surface area contributed by atoms with Gasteiger partial charge in [0, 0.05) is 31.0 Å². The molecule has 0 saturated carbocycles. The van der Waals surface area contributed by atoms with Gasteiger partial charge in [-0.2, -0.15) is 0 Å². The summed E-state index contributed by atoms with van der Waals surface area (Å²) < 4.78 is 5.52. The minimum absolute atomic E-state index is 0.417. The molecule has 0 spiro atoms. The highest BCUT2D eigenvalue weighted by atomic mass is 16.5. The van der Waals surface area contributed by atoms with Gasteiger partial charge in [-0.15, -0.1) is 0 Å². The number of hydrogen-bond acceptors (Lipinski definition) is 3. The molecule has 3 nitrogen and oxygen atoms in total. The largest absolute Gasteiger partial charge is 0.381 e. The van der Waals surface area contributed by atoms with E-state index in [1.165, 1.54) is 11.1 Å². The van der Waals surface area contributed by atoms with Crippen molar-refractivity contribution in [3.8, 4) is 0 Å². The Morgan fingerprint density at radius 1 is 1.53 bits per heavy atom. The van der Waals surface area contributed by atoms with Crippen LogP contribution in [0.3, 0.4) is 0 Å². The third-order valence-corrected chi connectivity index (χ3v) is 3.52. The summed E-state index contributed by atoms with van der Waals surface area (Å²) in [5.41, 5.74) is 2.75. The molecule has 2 heterocycles. The molecule has 1 aliphatic heterocycles. The molecular formula is C14H22N2O. The van der Waals surface area contributed by atoms with Crippen LogP contribution in [0, 0.1) is 5.92 Å². The summed E-state index contributed by atoms with van der Waals surface area (Å²) in [6.07, 6.45) is 6.09. The van der Waals surface area contributed by atoms with Crippen molar-refractivity contribution < 1.29 is 4.74 Å². The monoisotopic (exact) mass is 234 g/mol. The summed E-state index contributed by atoms with van der Waals surface area (Å²) in [7, 11) is 0. The van der Waals surface area contributed by atoms with E-state index in [1.54, 1.807) is 0 Å². The van der Waals surface area contributed by atoms with Crippen molar-refractivity contribution in [3.63, 3.8) is 0 Å². The number of nitrogens with zero attached hydrogens (tertiary/aromatic N) is 1. The summed E-state index contributed by atoms with van der Waals surface area (Å²) in [4.78, 5) is 4.23. The topological polar surface area (TPSA) is 34.2 Å². The van der Waals surface area contributed by atoms with E-state index in [9.17, 15) is 0 Å². The maximum Gasteiger partial charge on any atom is 0.0513 e. The van der Waals surface area contributed by atoms with E-state index in [-0.39, 0.29) is 0 Å². The van der Waals surface area contributed by atoms with Crippen LogP contribution in [0.4, 0.5) is 0 Å². The Balaban J connectivity index is 2.24. The Morgan fingerprint density at radius 2 is 2.41 bits per heavy atom. The third-order valence-electron chi connectivity index (χ3n) is 3.52. The number of rotatable bonds is 5. The second-order valence-electron chi connectivity index (χ2n) is 4.59. The van der Waals surface area contributed by atoms with Crippen LogP contribution < -0.4 is 5.32 Å². The van der Waals surface area contributed by atoms with Gasteiger partial charge in [0.15, 0.2) is 0 Å². The fourth-order valence-electron chi connectivity index (χ4n) is 2.60. The second-order valence-corrected chi connectivity index (χ2v) is 4.59. The molecule has 0 aromatic carbocycles. The van der Waals surface area contributed by atoms with E-state index in [0.717, 1.165) is 32.6 Å². The molecule has 1 aromatic heterocycles. The number of hydrogen-bond donors (Lipinski definition) is 1. The van der Waals surface area contributed by atoms with Crippen molar-refractivity contribution in [3.05, 3.63) is 29.6 Å². The Hall–Kier alpha value is -0.930. The van der Waals surface area contributed by atoms with Crippen molar-refractivity contribution in [2.45, 2.75) is 32.7 Å². The SMILES string of the molecule is CCNC(c1ccncc1CC)C1CCOC1. The number of pyridine rings is 1.